The van der Waals surface area contributed by atoms with E-state index in [0.717, 1.165) is 17.3 Å². The van der Waals surface area contributed by atoms with Crippen LogP contribution in [0.2, 0.25) is 0 Å². The predicted octanol–water partition coefficient (Wildman–Crippen LogP) is 4.30. The molecule has 1 N–H and O–H groups in total. The third-order valence-electron chi connectivity index (χ3n) is 3.88. The minimum atomic E-state index is -4.54. The molecule has 26 heavy (non-hydrogen) atoms. The van der Waals surface area contributed by atoms with Gasteiger partial charge in [-0.25, -0.2) is 0 Å². The molecule has 0 radical (unpaired) electrons. The van der Waals surface area contributed by atoms with Gasteiger partial charge in [-0.15, -0.1) is 0 Å². The molecule has 7 heteroatoms. The number of pyridine rings is 1. The van der Waals surface area contributed by atoms with Crippen LogP contribution in [0.25, 0.3) is 0 Å². The number of nitrogens with one attached hydrogen (secondary N) is 1. The molecule has 4 nitrogen and oxygen atoms in total. The van der Waals surface area contributed by atoms with Crippen molar-refractivity contribution in [2.45, 2.75) is 33.0 Å². The summed E-state index contributed by atoms with van der Waals surface area (Å²) in [6.07, 6.45) is -2.90. The van der Waals surface area contributed by atoms with E-state index < -0.39 is 24.3 Å². The fraction of sp³-hybridized carbons (Fsp3) is 0.368. The number of hydrogen-bond acceptors (Lipinski definition) is 3. The summed E-state index contributed by atoms with van der Waals surface area (Å²) in [7, 11) is 0. The van der Waals surface area contributed by atoms with Crippen molar-refractivity contribution in [3.05, 3.63) is 59.4 Å². The van der Waals surface area contributed by atoms with Gasteiger partial charge in [0.2, 0.25) is 0 Å². The predicted molar refractivity (Wildman–Crippen MR) is 91.6 cm³/mol. The van der Waals surface area contributed by atoms with E-state index in [-0.39, 0.29) is 17.7 Å². The first kappa shape index (κ1) is 19.8. The summed E-state index contributed by atoms with van der Waals surface area (Å²) in [5.74, 6) is -0.828. The monoisotopic (exact) mass is 366 g/mol. The first-order chi connectivity index (χ1) is 12.2. The van der Waals surface area contributed by atoms with Crippen molar-refractivity contribution in [2.75, 3.05) is 6.61 Å². The van der Waals surface area contributed by atoms with Gasteiger partial charge in [0, 0.05) is 6.20 Å². The Hall–Kier alpha value is -2.57. The summed E-state index contributed by atoms with van der Waals surface area (Å²) >= 11 is 0. The van der Waals surface area contributed by atoms with Crippen LogP contribution in [-0.2, 0) is 11.0 Å². The van der Waals surface area contributed by atoms with Crippen LogP contribution in [0.5, 0.6) is 5.75 Å². The highest BCUT2D eigenvalue weighted by molar-refractivity contribution is 5.78. The molecule has 0 fully saturated rings. The number of nitrogens with zero attached hydrogens (tertiary/aromatic N) is 1. The number of alkyl halides is 3. The van der Waals surface area contributed by atoms with Gasteiger partial charge >= 0.3 is 6.18 Å². The van der Waals surface area contributed by atoms with E-state index in [9.17, 15) is 18.0 Å². The van der Waals surface area contributed by atoms with Crippen LogP contribution in [-0.4, -0.2) is 17.5 Å². The van der Waals surface area contributed by atoms with Crippen molar-refractivity contribution in [2.24, 2.45) is 5.92 Å². The number of halogens is 3. The van der Waals surface area contributed by atoms with E-state index in [1.54, 1.807) is 12.3 Å². The van der Waals surface area contributed by atoms with Gasteiger partial charge in [0.1, 0.15) is 5.75 Å². The number of benzene rings is 1. The van der Waals surface area contributed by atoms with E-state index in [4.69, 9.17) is 4.74 Å². The number of rotatable bonds is 6. The molecule has 0 aliphatic heterocycles. The fourth-order valence-electron chi connectivity index (χ4n) is 2.56. The third kappa shape index (κ3) is 4.97. The van der Waals surface area contributed by atoms with Crippen LogP contribution in [0, 0.1) is 12.8 Å². The largest absolute Gasteiger partial charge is 0.483 e. The average Bonchev–Trinajstić information content (AvgIpc) is 2.58. The second-order valence-electron chi connectivity index (χ2n) is 6.28. The molecule has 1 atom stereocenters. The lowest BCUT2D eigenvalue weighted by Gasteiger charge is -2.23. The Labute approximate surface area is 150 Å². The second kappa shape index (κ2) is 8.21. The van der Waals surface area contributed by atoms with Crippen molar-refractivity contribution >= 4 is 5.91 Å². The Bertz CT molecular complexity index is 760. The Morgan fingerprint density at radius 3 is 2.50 bits per heavy atom. The smallest absolute Gasteiger partial charge is 0.419 e. The van der Waals surface area contributed by atoms with Gasteiger partial charge in [0.25, 0.3) is 5.91 Å². The molecule has 1 heterocycles. The van der Waals surface area contributed by atoms with Crippen LogP contribution >= 0.6 is 0 Å². The van der Waals surface area contributed by atoms with Crippen LogP contribution in [0.3, 0.4) is 0 Å². The maximum atomic E-state index is 13.0. The lowest BCUT2D eigenvalue weighted by atomic mass is 9.97. The Morgan fingerprint density at radius 1 is 1.19 bits per heavy atom. The molecular formula is C19H21F3N2O2. The lowest BCUT2D eigenvalue weighted by Crippen LogP contribution is -2.36. The van der Waals surface area contributed by atoms with Gasteiger partial charge in [0.15, 0.2) is 6.61 Å². The van der Waals surface area contributed by atoms with Gasteiger partial charge < -0.3 is 10.1 Å². The van der Waals surface area contributed by atoms with Gasteiger partial charge in [0.05, 0.1) is 17.3 Å². The van der Waals surface area contributed by atoms with E-state index in [0.29, 0.717) is 0 Å². The molecule has 0 aliphatic rings. The van der Waals surface area contributed by atoms with Crippen LogP contribution in [0.4, 0.5) is 13.2 Å². The lowest BCUT2D eigenvalue weighted by molar-refractivity contribution is -0.139. The number of carbonyl (C=O) groups excluding carboxylic acids is 1. The van der Waals surface area contributed by atoms with Crippen molar-refractivity contribution in [1.29, 1.82) is 0 Å². The summed E-state index contributed by atoms with van der Waals surface area (Å²) in [4.78, 5) is 16.5. The number of ether oxygens (including phenoxy) is 1. The standard InChI is InChI=1S/C19H21F3N2O2/c1-12(2)17(18-13(3)7-6-10-23-18)24-16(25)11-26-15-9-5-4-8-14(15)19(20,21)22/h4-10,12,17H,11H2,1-3H3,(H,24,25). The Kier molecular flexibility index (Phi) is 6.23. The van der Waals surface area contributed by atoms with Gasteiger partial charge in [-0.2, -0.15) is 13.2 Å². The number of aryl methyl sites for hydroxylation is 1. The van der Waals surface area contributed by atoms with Gasteiger partial charge in [-0.3, -0.25) is 9.78 Å². The number of aromatic nitrogens is 1. The Balaban J connectivity index is 2.08. The van der Waals surface area contributed by atoms with Crippen molar-refractivity contribution < 1.29 is 22.7 Å². The maximum absolute atomic E-state index is 13.0. The molecule has 140 valence electrons. The summed E-state index contributed by atoms with van der Waals surface area (Å²) in [5.41, 5.74) is 0.746. The minimum absolute atomic E-state index is 0.0509. The van der Waals surface area contributed by atoms with Crippen molar-refractivity contribution in [3.8, 4) is 5.75 Å². The zero-order valence-electron chi connectivity index (χ0n) is 14.8. The van der Waals surface area contributed by atoms with E-state index in [2.05, 4.69) is 10.3 Å². The molecule has 0 bridgehead atoms. The quantitative estimate of drug-likeness (QED) is 0.829. The van der Waals surface area contributed by atoms with E-state index >= 15 is 0 Å². The first-order valence-electron chi connectivity index (χ1n) is 8.20. The van der Waals surface area contributed by atoms with Crippen molar-refractivity contribution in [1.82, 2.24) is 10.3 Å². The third-order valence-corrected chi connectivity index (χ3v) is 3.88. The normalized spacial score (nSPS) is 12.7. The Morgan fingerprint density at radius 2 is 1.88 bits per heavy atom. The average molecular weight is 366 g/mol. The first-order valence-corrected chi connectivity index (χ1v) is 8.20. The number of para-hydroxylation sites is 1. The highest BCUT2D eigenvalue weighted by atomic mass is 19.4. The molecule has 0 spiro atoms. The second-order valence-corrected chi connectivity index (χ2v) is 6.28. The number of hydrogen-bond donors (Lipinski definition) is 1. The zero-order chi connectivity index (χ0) is 19.3. The molecule has 0 saturated heterocycles. The number of carbonyl (C=O) groups is 1. The van der Waals surface area contributed by atoms with Gasteiger partial charge in [-0.05, 0) is 36.6 Å². The minimum Gasteiger partial charge on any atom is -0.483 e. The molecular weight excluding hydrogens is 345 g/mol. The van der Waals surface area contributed by atoms with Crippen molar-refractivity contribution in [3.63, 3.8) is 0 Å². The van der Waals surface area contributed by atoms with Crippen LogP contribution in [0.15, 0.2) is 42.6 Å². The van der Waals surface area contributed by atoms with E-state index in [1.807, 2.05) is 26.8 Å². The summed E-state index contributed by atoms with van der Waals surface area (Å²) in [6.45, 7) is 5.24. The highest BCUT2D eigenvalue weighted by Crippen LogP contribution is 2.35. The summed E-state index contributed by atoms with van der Waals surface area (Å²) in [6, 6.07) is 8.14. The molecule has 2 aromatic rings. The SMILES string of the molecule is Cc1cccnc1C(NC(=O)COc1ccccc1C(F)(F)F)C(C)C. The van der Waals surface area contributed by atoms with Crippen LogP contribution < -0.4 is 10.1 Å². The summed E-state index contributed by atoms with van der Waals surface area (Å²) < 4.78 is 44.0. The zero-order valence-corrected chi connectivity index (χ0v) is 14.8. The molecule has 0 aliphatic carbocycles. The molecule has 0 saturated carbocycles. The highest BCUT2D eigenvalue weighted by Gasteiger charge is 2.34. The molecule has 1 aromatic heterocycles. The maximum Gasteiger partial charge on any atom is 0.419 e. The van der Waals surface area contributed by atoms with Crippen LogP contribution in [0.1, 0.15) is 36.7 Å². The topological polar surface area (TPSA) is 51.2 Å². The molecule has 1 amide bonds. The van der Waals surface area contributed by atoms with E-state index in [1.165, 1.54) is 18.2 Å². The van der Waals surface area contributed by atoms with Gasteiger partial charge in [-0.1, -0.05) is 32.0 Å². The number of amides is 1. The molecule has 1 aromatic carbocycles. The fourth-order valence-corrected chi connectivity index (χ4v) is 2.56. The molecule has 2 rings (SSSR count). The summed E-state index contributed by atoms with van der Waals surface area (Å²) in [5, 5.41) is 2.79. The molecule has 1 unspecified atom stereocenters.